The van der Waals surface area contributed by atoms with E-state index in [9.17, 15) is 27.6 Å². The van der Waals surface area contributed by atoms with Gasteiger partial charge in [0.15, 0.2) is 0 Å². The quantitative estimate of drug-likeness (QED) is 0.706. The fraction of sp³-hybridized carbons (Fsp3) is 0.700. The Morgan fingerprint density at radius 3 is 2.58 bits per heavy atom. The number of nitrogens with one attached hydrogen (secondary N) is 2. The van der Waals surface area contributed by atoms with Crippen molar-refractivity contribution in [2.45, 2.75) is 31.0 Å². The van der Waals surface area contributed by atoms with Crippen molar-refractivity contribution < 1.29 is 27.6 Å². The van der Waals surface area contributed by atoms with Gasteiger partial charge in [0.25, 0.3) is 5.91 Å². The first kappa shape index (κ1) is 13.6. The molecule has 2 aliphatic heterocycles. The summed E-state index contributed by atoms with van der Waals surface area (Å²) in [5, 5.41) is 4.48. The Labute approximate surface area is 106 Å². The van der Waals surface area contributed by atoms with E-state index in [1.54, 1.807) is 0 Å². The lowest BCUT2D eigenvalue weighted by Gasteiger charge is -2.21. The highest BCUT2D eigenvalue weighted by molar-refractivity contribution is 6.07. The molecule has 1 unspecified atom stereocenters. The van der Waals surface area contributed by atoms with E-state index in [-0.39, 0.29) is 19.5 Å². The summed E-state index contributed by atoms with van der Waals surface area (Å²) in [4.78, 5) is 35.4. The van der Waals surface area contributed by atoms with E-state index in [0.29, 0.717) is 0 Å². The van der Waals surface area contributed by atoms with Crippen molar-refractivity contribution in [1.29, 1.82) is 0 Å². The maximum absolute atomic E-state index is 12.0. The van der Waals surface area contributed by atoms with E-state index in [2.05, 4.69) is 10.6 Å². The predicted octanol–water partition coefficient (Wildman–Crippen LogP) is 0.139. The van der Waals surface area contributed by atoms with Gasteiger partial charge in [-0.15, -0.1) is 0 Å². The monoisotopic (exact) mass is 279 g/mol. The first-order valence-electron chi connectivity index (χ1n) is 5.70. The van der Waals surface area contributed by atoms with Gasteiger partial charge in [-0.25, -0.2) is 4.79 Å². The standard InChI is InChI=1S/C10H12F3N3O3/c11-10(12,13)2-1-6(17)16-4-3-9(5-16)7(18)14-8(19)15-9/h1-5H2,(H2,14,15,18,19). The van der Waals surface area contributed by atoms with Gasteiger partial charge in [-0.05, 0) is 6.42 Å². The minimum Gasteiger partial charge on any atom is -0.340 e. The number of hydrogen-bond acceptors (Lipinski definition) is 3. The summed E-state index contributed by atoms with van der Waals surface area (Å²) in [6, 6.07) is -0.644. The zero-order valence-electron chi connectivity index (χ0n) is 9.84. The summed E-state index contributed by atoms with van der Waals surface area (Å²) in [7, 11) is 0. The maximum atomic E-state index is 12.0. The van der Waals surface area contributed by atoms with Crippen LogP contribution in [0.5, 0.6) is 0 Å². The Kier molecular flexibility index (Phi) is 3.15. The smallest absolute Gasteiger partial charge is 0.340 e. The van der Waals surface area contributed by atoms with Crippen LogP contribution < -0.4 is 10.6 Å². The average molecular weight is 279 g/mol. The summed E-state index contributed by atoms with van der Waals surface area (Å²) in [5.41, 5.74) is -1.18. The van der Waals surface area contributed by atoms with E-state index in [1.165, 1.54) is 4.90 Å². The molecule has 1 atom stereocenters. The van der Waals surface area contributed by atoms with Crippen LogP contribution in [0.2, 0.25) is 0 Å². The predicted molar refractivity (Wildman–Crippen MR) is 55.9 cm³/mol. The topological polar surface area (TPSA) is 78.5 Å². The van der Waals surface area contributed by atoms with Crippen molar-refractivity contribution in [2.24, 2.45) is 0 Å². The van der Waals surface area contributed by atoms with Crippen LogP contribution in [0.4, 0.5) is 18.0 Å². The van der Waals surface area contributed by atoms with Gasteiger partial charge >= 0.3 is 12.2 Å². The Morgan fingerprint density at radius 1 is 1.37 bits per heavy atom. The lowest BCUT2D eigenvalue weighted by atomic mass is 9.99. The van der Waals surface area contributed by atoms with Gasteiger partial charge in [0.05, 0.1) is 13.0 Å². The number of rotatable bonds is 2. The lowest BCUT2D eigenvalue weighted by Crippen LogP contribution is -2.49. The molecule has 0 radical (unpaired) electrons. The van der Waals surface area contributed by atoms with E-state index >= 15 is 0 Å². The summed E-state index contributed by atoms with van der Waals surface area (Å²) >= 11 is 0. The minimum absolute atomic E-state index is 0.0821. The Hall–Kier alpha value is -1.80. The van der Waals surface area contributed by atoms with Crippen LogP contribution >= 0.6 is 0 Å². The van der Waals surface area contributed by atoms with Gasteiger partial charge in [0, 0.05) is 13.0 Å². The van der Waals surface area contributed by atoms with Crippen LogP contribution in [-0.4, -0.2) is 47.6 Å². The van der Waals surface area contributed by atoms with E-state index in [4.69, 9.17) is 0 Å². The van der Waals surface area contributed by atoms with Crippen LogP contribution in [0.3, 0.4) is 0 Å². The second-order valence-electron chi connectivity index (χ2n) is 4.67. The molecule has 0 aliphatic carbocycles. The Balaban J connectivity index is 1.93. The molecule has 0 saturated carbocycles. The summed E-state index contributed by atoms with van der Waals surface area (Å²) in [6.45, 7) is 0.0751. The number of carbonyl (C=O) groups excluding carboxylic acids is 3. The average Bonchev–Trinajstić information content (AvgIpc) is 2.81. The maximum Gasteiger partial charge on any atom is 0.389 e. The molecule has 2 saturated heterocycles. The number of urea groups is 1. The summed E-state index contributed by atoms with van der Waals surface area (Å²) in [6.07, 6.45) is -6.00. The molecular weight excluding hydrogens is 267 g/mol. The van der Waals surface area contributed by atoms with Crippen LogP contribution in [-0.2, 0) is 9.59 Å². The molecular formula is C10H12F3N3O3. The van der Waals surface area contributed by atoms with Crippen molar-refractivity contribution in [2.75, 3.05) is 13.1 Å². The van der Waals surface area contributed by atoms with Crippen molar-refractivity contribution >= 4 is 17.8 Å². The van der Waals surface area contributed by atoms with Gasteiger partial charge in [0.2, 0.25) is 5.91 Å². The van der Waals surface area contributed by atoms with E-state index < -0.39 is 42.4 Å². The van der Waals surface area contributed by atoms with Crippen LogP contribution in [0, 0.1) is 0 Å². The first-order chi connectivity index (χ1) is 8.72. The van der Waals surface area contributed by atoms with Gasteiger partial charge in [-0.2, -0.15) is 13.2 Å². The molecule has 1 spiro atoms. The molecule has 2 fully saturated rings. The van der Waals surface area contributed by atoms with Crippen molar-refractivity contribution in [3.05, 3.63) is 0 Å². The molecule has 9 heteroatoms. The number of imide groups is 1. The van der Waals surface area contributed by atoms with Crippen molar-refractivity contribution in [3.63, 3.8) is 0 Å². The zero-order chi connectivity index (χ0) is 14.3. The minimum atomic E-state index is -4.38. The fourth-order valence-corrected chi connectivity index (χ4v) is 2.24. The van der Waals surface area contributed by atoms with Crippen LogP contribution in [0.15, 0.2) is 0 Å². The third kappa shape index (κ3) is 2.79. The number of alkyl halides is 3. The second kappa shape index (κ2) is 4.39. The van der Waals surface area contributed by atoms with E-state index in [1.807, 2.05) is 0 Å². The number of likely N-dealkylation sites (tertiary alicyclic amines) is 1. The summed E-state index contributed by atoms with van der Waals surface area (Å²) in [5.74, 6) is -1.20. The molecule has 2 heterocycles. The fourth-order valence-electron chi connectivity index (χ4n) is 2.24. The zero-order valence-corrected chi connectivity index (χ0v) is 9.84. The molecule has 0 aromatic heterocycles. The number of nitrogens with zero attached hydrogens (tertiary/aromatic N) is 1. The normalized spacial score (nSPS) is 26.8. The number of amides is 4. The van der Waals surface area contributed by atoms with Crippen LogP contribution in [0.1, 0.15) is 19.3 Å². The number of carbonyl (C=O) groups is 3. The third-order valence-corrected chi connectivity index (χ3v) is 3.26. The van der Waals surface area contributed by atoms with Gasteiger partial charge in [0.1, 0.15) is 5.54 Å². The molecule has 19 heavy (non-hydrogen) atoms. The van der Waals surface area contributed by atoms with Gasteiger partial charge in [-0.3, -0.25) is 14.9 Å². The molecule has 106 valence electrons. The van der Waals surface area contributed by atoms with Crippen LogP contribution in [0.25, 0.3) is 0 Å². The number of halogens is 3. The summed E-state index contributed by atoms with van der Waals surface area (Å²) < 4.78 is 36.1. The van der Waals surface area contributed by atoms with Gasteiger partial charge < -0.3 is 10.2 Å². The number of hydrogen-bond donors (Lipinski definition) is 2. The molecule has 0 aromatic carbocycles. The van der Waals surface area contributed by atoms with Crippen molar-refractivity contribution in [3.8, 4) is 0 Å². The second-order valence-corrected chi connectivity index (χ2v) is 4.67. The highest BCUT2D eigenvalue weighted by Gasteiger charge is 2.51. The molecule has 2 N–H and O–H groups in total. The largest absolute Gasteiger partial charge is 0.389 e. The van der Waals surface area contributed by atoms with Gasteiger partial charge in [-0.1, -0.05) is 0 Å². The molecule has 0 aromatic rings. The Morgan fingerprint density at radius 2 is 2.05 bits per heavy atom. The molecule has 6 nitrogen and oxygen atoms in total. The lowest BCUT2D eigenvalue weighted by molar-refractivity contribution is -0.148. The highest BCUT2D eigenvalue weighted by Crippen LogP contribution is 2.27. The molecule has 2 rings (SSSR count). The molecule has 0 bridgehead atoms. The molecule has 2 aliphatic rings. The highest BCUT2D eigenvalue weighted by atomic mass is 19.4. The molecule has 4 amide bonds. The third-order valence-electron chi connectivity index (χ3n) is 3.26. The Bertz CT molecular complexity index is 437. The van der Waals surface area contributed by atoms with Crippen molar-refractivity contribution in [1.82, 2.24) is 15.5 Å². The van der Waals surface area contributed by atoms with E-state index in [0.717, 1.165) is 0 Å². The first-order valence-corrected chi connectivity index (χ1v) is 5.70. The SMILES string of the molecule is O=C1NC(=O)C2(CCN(C(=O)CCC(F)(F)F)C2)N1.